The van der Waals surface area contributed by atoms with E-state index in [9.17, 15) is 9.59 Å². The molecule has 1 N–H and O–H groups in total. The van der Waals surface area contributed by atoms with Gasteiger partial charge in [-0.05, 0) is 23.8 Å². The van der Waals surface area contributed by atoms with Gasteiger partial charge in [-0.25, -0.2) is 9.48 Å². The summed E-state index contributed by atoms with van der Waals surface area (Å²) in [7, 11) is 0. The Kier molecular flexibility index (Phi) is 4.02. The number of nitrogens with zero attached hydrogens (tertiary/aromatic N) is 5. The number of carbonyl (C=O) groups excluding carboxylic acids is 1. The summed E-state index contributed by atoms with van der Waals surface area (Å²) in [5, 5.41) is 7.54. The minimum Gasteiger partial charge on any atom is -0.331 e. The lowest BCUT2D eigenvalue weighted by molar-refractivity contribution is -0.135. The van der Waals surface area contributed by atoms with Crippen molar-refractivity contribution in [1.82, 2.24) is 29.4 Å². The fourth-order valence-corrected chi connectivity index (χ4v) is 3.16. The van der Waals surface area contributed by atoms with Gasteiger partial charge in [-0.1, -0.05) is 12.1 Å². The maximum atomic E-state index is 12.8. The van der Waals surface area contributed by atoms with Crippen molar-refractivity contribution in [3.05, 3.63) is 65.0 Å². The first-order chi connectivity index (χ1) is 12.2. The zero-order valence-electron chi connectivity index (χ0n) is 13.6. The summed E-state index contributed by atoms with van der Waals surface area (Å²) < 4.78 is 2.66. The molecule has 128 valence electrons. The van der Waals surface area contributed by atoms with Crippen molar-refractivity contribution in [2.45, 2.75) is 12.6 Å². The van der Waals surface area contributed by atoms with E-state index >= 15 is 0 Å². The Balaban J connectivity index is 1.60. The summed E-state index contributed by atoms with van der Waals surface area (Å²) >= 11 is 0. The molecule has 0 aromatic carbocycles. The maximum absolute atomic E-state index is 12.8. The van der Waals surface area contributed by atoms with Crippen molar-refractivity contribution in [1.29, 1.82) is 0 Å². The molecule has 4 rings (SSSR count). The summed E-state index contributed by atoms with van der Waals surface area (Å²) in [4.78, 5) is 31.2. The molecule has 1 unspecified atom stereocenters. The van der Waals surface area contributed by atoms with Crippen LogP contribution in [0.25, 0.3) is 5.65 Å². The molecular weight excluding hydrogens is 320 g/mol. The predicted octanol–water partition coefficient (Wildman–Crippen LogP) is 0.0641. The first-order valence-corrected chi connectivity index (χ1v) is 8.18. The van der Waals surface area contributed by atoms with Gasteiger partial charge in [0.15, 0.2) is 5.65 Å². The van der Waals surface area contributed by atoms with Gasteiger partial charge in [0.05, 0.1) is 6.04 Å². The Hall–Kier alpha value is -3.00. The molecule has 1 amide bonds. The van der Waals surface area contributed by atoms with Gasteiger partial charge >= 0.3 is 5.69 Å². The van der Waals surface area contributed by atoms with Gasteiger partial charge in [-0.3, -0.25) is 14.2 Å². The summed E-state index contributed by atoms with van der Waals surface area (Å²) in [6.07, 6.45) is 5.13. The molecule has 25 heavy (non-hydrogen) atoms. The van der Waals surface area contributed by atoms with Crippen LogP contribution >= 0.6 is 0 Å². The Morgan fingerprint density at radius 1 is 1.28 bits per heavy atom. The Bertz CT molecular complexity index is 948. The highest BCUT2D eigenvalue weighted by molar-refractivity contribution is 5.76. The largest absolute Gasteiger partial charge is 0.350 e. The number of nitrogens with one attached hydrogen (secondary N) is 1. The summed E-state index contributed by atoms with van der Waals surface area (Å²) in [6, 6.07) is 9.04. The smallest absolute Gasteiger partial charge is 0.331 e. The molecule has 0 bridgehead atoms. The average molecular weight is 338 g/mol. The molecule has 0 aliphatic carbocycles. The zero-order chi connectivity index (χ0) is 17.2. The van der Waals surface area contributed by atoms with E-state index in [0.717, 1.165) is 12.1 Å². The normalized spacial score (nSPS) is 17.8. The van der Waals surface area contributed by atoms with Crippen molar-refractivity contribution in [2.75, 3.05) is 19.6 Å². The molecule has 8 nitrogen and oxygen atoms in total. The monoisotopic (exact) mass is 338 g/mol. The van der Waals surface area contributed by atoms with Crippen molar-refractivity contribution in [2.24, 2.45) is 0 Å². The molecule has 4 heterocycles. The first kappa shape index (κ1) is 15.5. The van der Waals surface area contributed by atoms with Crippen LogP contribution in [0, 0.1) is 0 Å². The van der Waals surface area contributed by atoms with Crippen molar-refractivity contribution in [3.63, 3.8) is 0 Å². The molecule has 0 spiro atoms. The number of piperazine rings is 1. The van der Waals surface area contributed by atoms with Gasteiger partial charge in [0.1, 0.15) is 6.54 Å². The van der Waals surface area contributed by atoms with Crippen molar-refractivity contribution >= 4 is 11.6 Å². The number of rotatable bonds is 3. The van der Waals surface area contributed by atoms with E-state index in [1.165, 1.54) is 9.08 Å². The Labute approximate surface area is 143 Å². The summed E-state index contributed by atoms with van der Waals surface area (Å²) in [6.45, 7) is 1.90. The van der Waals surface area contributed by atoms with Crippen molar-refractivity contribution in [3.8, 4) is 0 Å². The molecule has 0 radical (unpaired) electrons. The van der Waals surface area contributed by atoms with Crippen LogP contribution in [-0.4, -0.2) is 49.6 Å². The number of amides is 1. The van der Waals surface area contributed by atoms with Crippen molar-refractivity contribution < 1.29 is 4.79 Å². The molecule has 1 saturated heterocycles. The van der Waals surface area contributed by atoms with E-state index < -0.39 is 0 Å². The van der Waals surface area contributed by atoms with Crippen LogP contribution in [0.15, 0.2) is 53.7 Å². The lowest BCUT2D eigenvalue weighted by Crippen LogP contribution is -2.50. The zero-order valence-corrected chi connectivity index (χ0v) is 13.6. The summed E-state index contributed by atoms with van der Waals surface area (Å²) in [5.41, 5.74) is 1.20. The molecule has 1 atom stereocenters. The minimum absolute atomic E-state index is 0.0721. The van der Waals surface area contributed by atoms with Gasteiger partial charge in [-0.15, -0.1) is 5.10 Å². The lowest BCUT2D eigenvalue weighted by Gasteiger charge is -2.36. The highest BCUT2D eigenvalue weighted by atomic mass is 16.2. The van der Waals surface area contributed by atoms with Crippen LogP contribution in [0.5, 0.6) is 0 Å². The third-order valence-corrected chi connectivity index (χ3v) is 4.41. The Morgan fingerprint density at radius 3 is 3.00 bits per heavy atom. The number of hydrogen-bond acceptors (Lipinski definition) is 5. The third kappa shape index (κ3) is 2.91. The van der Waals surface area contributed by atoms with E-state index in [0.29, 0.717) is 18.7 Å². The van der Waals surface area contributed by atoms with E-state index in [1.54, 1.807) is 35.6 Å². The fourth-order valence-electron chi connectivity index (χ4n) is 3.16. The number of carbonyl (C=O) groups is 1. The average Bonchev–Trinajstić information content (AvgIpc) is 2.98. The number of pyridine rings is 2. The molecule has 8 heteroatoms. The second kappa shape index (κ2) is 6.48. The van der Waals surface area contributed by atoms with Gasteiger partial charge in [0.2, 0.25) is 5.91 Å². The predicted molar refractivity (Wildman–Crippen MR) is 91.0 cm³/mol. The van der Waals surface area contributed by atoms with E-state index in [2.05, 4.69) is 15.4 Å². The number of aromatic nitrogens is 4. The summed E-state index contributed by atoms with van der Waals surface area (Å²) in [5.74, 6) is -0.124. The topological polar surface area (TPSA) is 84.5 Å². The molecule has 0 saturated carbocycles. The highest BCUT2D eigenvalue weighted by Crippen LogP contribution is 2.21. The SMILES string of the molecule is O=C(Cn1nc2ccccn2c1=O)N1CCNCC1c1cccnc1. The van der Waals surface area contributed by atoms with E-state index in [1.807, 2.05) is 18.2 Å². The van der Waals surface area contributed by atoms with Crippen LogP contribution in [0.1, 0.15) is 11.6 Å². The maximum Gasteiger partial charge on any atom is 0.350 e. The molecule has 1 aliphatic rings. The van der Waals surface area contributed by atoms with E-state index in [4.69, 9.17) is 0 Å². The quantitative estimate of drug-likeness (QED) is 0.730. The number of fused-ring (bicyclic) bond motifs is 1. The molecule has 1 aliphatic heterocycles. The van der Waals surface area contributed by atoms with Gasteiger partial charge < -0.3 is 10.2 Å². The molecule has 3 aromatic rings. The molecule has 3 aromatic heterocycles. The van der Waals surface area contributed by atoms with Crippen LogP contribution in [-0.2, 0) is 11.3 Å². The second-order valence-electron chi connectivity index (χ2n) is 5.96. The third-order valence-electron chi connectivity index (χ3n) is 4.41. The first-order valence-electron chi connectivity index (χ1n) is 8.18. The standard InChI is InChI=1S/C17H18N6O2/c24-16(12-23-17(25)22-8-2-1-5-15(22)20-23)21-9-7-19-11-14(21)13-4-3-6-18-10-13/h1-6,8,10,14,19H,7,9,11-12H2. The van der Waals surface area contributed by atoms with E-state index in [-0.39, 0.29) is 24.2 Å². The molecule has 1 fully saturated rings. The Morgan fingerprint density at radius 2 is 2.20 bits per heavy atom. The van der Waals surface area contributed by atoms with Crippen LogP contribution in [0.2, 0.25) is 0 Å². The van der Waals surface area contributed by atoms with Gasteiger partial charge in [-0.2, -0.15) is 0 Å². The number of hydrogen-bond donors (Lipinski definition) is 1. The lowest BCUT2D eigenvalue weighted by atomic mass is 10.1. The van der Waals surface area contributed by atoms with Gasteiger partial charge in [0, 0.05) is 38.2 Å². The highest BCUT2D eigenvalue weighted by Gasteiger charge is 2.28. The van der Waals surface area contributed by atoms with Crippen LogP contribution in [0.4, 0.5) is 0 Å². The molecular formula is C17H18N6O2. The second-order valence-corrected chi connectivity index (χ2v) is 5.96. The fraction of sp³-hybridized carbons (Fsp3) is 0.294. The van der Waals surface area contributed by atoms with Crippen LogP contribution < -0.4 is 11.0 Å². The van der Waals surface area contributed by atoms with Gasteiger partial charge in [0.25, 0.3) is 0 Å². The minimum atomic E-state index is -0.308. The van der Waals surface area contributed by atoms with Crippen LogP contribution in [0.3, 0.4) is 0 Å².